The fourth-order valence-corrected chi connectivity index (χ4v) is 7.36. The predicted molar refractivity (Wildman–Crippen MR) is 203 cm³/mol. The molecule has 2 aliphatic rings. The van der Waals surface area contributed by atoms with E-state index in [9.17, 15) is 9.59 Å². The SMILES string of the molecule is CCOCCOCCOCCC(=O)CC1CCN(CC(=O)N2CCc3cc(Cn4nc(-c5ccc6oc(N)nc6c5)c5c(N)ncnc54)ccc3C2)CC1. The Kier molecular flexibility index (Phi) is 12.1. The van der Waals surface area contributed by atoms with Crippen molar-refractivity contribution in [3.63, 3.8) is 0 Å². The van der Waals surface area contributed by atoms with Crippen molar-refractivity contribution in [1.29, 1.82) is 0 Å². The fraction of sp³-hybridized carbons (Fsp3) is 0.487. The number of hydrogen-bond donors (Lipinski definition) is 2. The molecule has 1 saturated heterocycles. The van der Waals surface area contributed by atoms with Crippen molar-refractivity contribution in [3.05, 3.63) is 59.4 Å². The number of hydrogen-bond acceptors (Lipinski definition) is 13. The Hall–Kier alpha value is -4.96. The molecule has 3 aromatic heterocycles. The summed E-state index contributed by atoms with van der Waals surface area (Å²) < 4.78 is 23.5. The van der Waals surface area contributed by atoms with Gasteiger partial charge in [0.1, 0.15) is 29.1 Å². The zero-order chi connectivity index (χ0) is 37.4. The number of ether oxygens (including phenoxy) is 3. The van der Waals surface area contributed by atoms with Crippen LogP contribution in [0.15, 0.2) is 47.1 Å². The van der Waals surface area contributed by atoms with Crippen LogP contribution in [0.1, 0.15) is 49.3 Å². The summed E-state index contributed by atoms with van der Waals surface area (Å²) in [7, 11) is 0. The van der Waals surface area contributed by atoms with Crippen molar-refractivity contribution < 1.29 is 28.2 Å². The summed E-state index contributed by atoms with van der Waals surface area (Å²) in [5, 5.41) is 5.61. The van der Waals surface area contributed by atoms with Crippen molar-refractivity contribution >= 4 is 45.7 Å². The van der Waals surface area contributed by atoms with Crippen LogP contribution in [0.5, 0.6) is 0 Å². The molecular formula is C39H49N9O6. The number of Topliss-reactive ketones (excluding diaryl/α,β-unsaturated/α-hetero) is 1. The second-order valence-electron chi connectivity index (χ2n) is 14.0. The standard InChI is InChI=1S/C39H49N9O6/c1-2-51-15-16-53-18-17-52-14-10-31(49)20-26-7-11-46(12-8-26)24-34(50)47-13-9-28-19-27(3-4-30(28)23-47)22-48-38-35(37(40)42-25-43-38)36(45-48)29-5-6-33-32(21-29)44-39(41)54-33/h3-6,19,21,25-26H,2,7-18,20,22-24H2,1H3,(H2,41,44)(H2,40,42,43). The number of nitrogens with two attached hydrogens (primary N) is 2. The molecule has 5 aromatic rings. The summed E-state index contributed by atoms with van der Waals surface area (Å²) in [5.41, 5.74) is 18.9. The highest BCUT2D eigenvalue weighted by Crippen LogP contribution is 2.33. The average Bonchev–Trinajstić information content (AvgIpc) is 3.74. The number of benzene rings is 2. The Morgan fingerprint density at radius 1 is 0.926 bits per heavy atom. The minimum absolute atomic E-state index is 0.104. The van der Waals surface area contributed by atoms with Crippen LogP contribution in [-0.2, 0) is 43.3 Å². The van der Waals surface area contributed by atoms with Gasteiger partial charge in [-0.15, -0.1) is 0 Å². The molecule has 2 aliphatic heterocycles. The van der Waals surface area contributed by atoms with Crippen LogP contribution >= 0.6 is 0 Å². The van der Waals surface area contributed by atoms with Crippen molar-refractivity contribution in [3.8, 4) is 11.3 Å². The lowest BCUT2D eigenvalue weighted by molar-refractivity contribution is -0.134. The lowest BCUT2D eigenvalue weighted by Gasteiger charge is -2.34. The van der Waals surface area contributed by atoms with Gasteiger partial charge in [-0.25, -0.2) is 14.6 Å². The van der Waals surface area contributed by atoms with E-state index < -0.39 is 0 Å². The maximum Gasteiger partial charge on any atom is 0.292 e. The number of piperidine rings is 1. The Morgan fingerprint density at radius 2 is 1.72 bits per heavy atom. The third-order valence-electron chi connectivity index (χ3n) is 10.3. The number of nitrogen functional groups attached to an aromatic ring is 2. The van der Waals surface area contributed by atoms with Crippen molar-refractivity contribution in [2.24, 2.45) is 5.92 Å². The first kappa shape index (κ1) is 37.4. The molecule has 0 atom stereocenters. The van der Waals surface area contributed by atoms with Crippen LogP contribution in [-0.4, -0.2) is 112 Å². The Bertz CT molecular complexity index is 2070. The summed E-state index contributed by atoms with van der Waals surface area (Å²) in [5.74, 6) is 1.10. The van der Waals surface area contributed by atoms with Gasteiger partial charge < -0.3 is 35.0 Å². The highest BCUT2D eigenvalue weighted by atomic mass is 16.5. The molecule has 0 unspecified atom stereocenters. The third kappa shape index (κ3) is 9.04. The van der Waals surface area contributed by atoms with Gasteiger partial charge in [-0.05, 0) is 80.1 Å². The molecule has 1 amide bonds. The normalized spacial score (nSPS) is 15.3. The minimum Gasteiger partial charge on any atom is -0.424 e. The summed E-state index contributed by atoms with van der Waals surface area (Å²) >= 11 is 0. The molecule has 15 heteroatoms. The number of fused-ring (bicyclic) bond motifs is 3. The average molecular weight is 740 g/mol. The first-order chi connectivity index (χ1) is 26.3. The summed E-state index contributed by atoms with van der Waals surface area (Å²) in [4.78, 5) is 43.2. The quantitative estimate of drug-likeness (QED) is 0.131. The predicted octanol–water partition coefficient (Wildman–Crippen LogP) is 3.86. The molecule has 0 aliphatic carbocycles. The number of ketones is 1. The van der Waals surface area contributed by atoms with E-state index in [0.717, 1.165) is 49.0 Å². The number of oxazole rings is 1. The molecule has 2 aromatic carbocycles. The van der Waals surface area contributed by atoms with Crippen molar-refractivity contribution in [2.45, 2.75) is 52.1 Å². The first-order valence-corrected chi connectivity index (χ1v) is 18.8. The molecule has 286 valence electrons. The largest absolute Gasteiger partial charge is 0.424 e. The third-order valence-corrected chi connectivity index (χ3v) is 10.3. The number of rotatable bonds is 17. The van der Waals surface area contributed by atoms with Gasteiger partial charge in [-0.3, -0.25) is 14.5 Å². The highest BCUT2D eigenvalue weighted by molar-refractivity contribution is 5.99. The monoisotopic (exact) mass is 739 g/mol. The van der Waals surface area contributed by atoms with Gasteiger partial charge in [-0.2, -0.15) is 10.1 Å². The minimum atomic E-state index is 0.104. The van der Waals surface area contributed by atoms with Gasteiger partial charge in [-0.1, -0.05) is 18.2 Å². The van der Waals surface area contributed by atoms with E-state index in [1.807, 2.05) is 34.7 Å². The lowest BCUT2D eigenvalue weighted by atomic mass is 9.91. The topological polar surface area (TPSA) is 190 Å². The summed E-state index contributed by atoms with van der Waals surface area (Å²) in [6.45, 7) is 9.01. The van der Waals surface area contributed by atoms with Gasteiger partial charge >= 0.3 is 0 Å². The number of carbonyl (C=O) groups excluding carboxylic acids is 2. The molecule has 0 bridgehead atoms. The molecule has 15 nitrogen and oxygen atoms in total. The molecule has 7 rings (SSSR count). The molecule has 4 N–H and O–H groups in total. The number of nitrogens with zero attached hydrogens (tertiary/aromatic N) is 7. The van der Waals surface area contributed by atoms with Crippen LogP contribution in [0.3, 0.4) is 0 Å². The van der Waals surface area contributed by atoms with Gasteiger partial charge in [0.2, 0.25) is 5.91 Å². The number of aromatic nitrogens is 5. The van der Waals surface area contributed by atoms with E-state index in [0.29, 0.717) is 118 Å². The molecule has 54 heavy (non-hydrogen) atoms. The van der Waals surface area contributed by atoms with Crippen LogP contribution < -0.4 is 11.5 Å². The van der Waals surface area contributed by atoms with Gasteiger partial charge in [0.25, 0.3) is 6.01 Å². The van der Waals surface area contributed by atoms with Gasteiger partial charge in [0, 0.05) is 38.1 Å². The van der Waals surface area contributed by atoms with E-state index in [1.54, 1.807) is 0 Å². The van der Waals surface area contributed by atoms with Crippen LogP contribution in [0.25, 0.3) is 33.4 Å². The van der Waals surface area contributed by atoms with E-state index in [1.165, 1.54) is 11.9 Å². The number of likely N-dealkylation sites (tertiary alicyclic amines) is 1. The maximum atomic E-state index is 13.4. The zero-order valence-electron chi connectivity index (χ0n) is 30.9. The van der Waals surface area contributed by atoms with E-state index in [-0.39, 0.29) is 17.7 Å². The van der Waals surface area contributed by atoms with Gasteiger partial charge in [0.05, 0.1) is 51.5 Å². The Morgan fingerprint density at radius 3 is 2.54 bits per heavy atom. The molecule has 5 heterocycles. The van der Waals surface area contributed by atoms with Crippen LogP contribution in [0.2, 0.25) is 0 Å². The molecule has 1 fully saturated rings. The van der Waals surface area contributed by atoms with Crippen molar-refractivity contribution in [1.82, 2.24) is 34.5 Å². The Labute approximate surface area is 313 Å². The lowest BCUT2D eigenvalue weighted by Crippen LogP contribution is -2.45. The fourth-order valence-electron chi connectivity index (χ4n) is 7.36. The Balaban J connectivity index is 0.880. The first-order valence-electron chi connectivity index (χ1n) is 18.8. The smallest absolute Gasteiger partial charge is 0.292 e. The summed E-state index contributed by atoms with van der Waals surface area (Å²) in [6.07, 6.45) is 5.10. The van der Waals surface area contributed by atoms with E-state index in [4.69, 9.17) is 35.2 Å². The molecular weight excluding hydrogens is 690 g/mol. The number of amides is 1. The van der Waals surface area contributed by atoms with Crippen LogP contribution in [0.4, 0.5) is 11.8 Å². The molecule has 0 radical (unpaired) electrons. The van der Waals surface area contributed by atoms with E-state index in [2.05, 4.69) is 38.1 Å². The highest BCUT2D eigenvalue weighted by Gasteiger charge is 2.27. The van der Waals surface area contributed by atoms with Crippen LogP contribution in [0, 0.1) is 5.92 Å². The number of anilines is 2. The maximum absolute atomic E-state index is 13.4. The van der Waals surface area contributed by atoms with Gasteiger partial charge in [0.15, 0.2) is 11.2 Å². The molecule has 0 saturated carbocycles. The second kappa shape index (κ2) is 17.5. The van der Waals surface area contributed by atoms with Crippen molar-refractivity contribution in [2.75, 3.05) is 77.3 Å². The zero-order valence-corrected chi connectivity index (χ0v) is 30.9. The molecule has 0 spiro atoms. The summed E-state index contributed by atoms with van der Waals surface area (Å²) in [6, 6.07) is 12.1. The number of carbonyl (C=O) groups is 2. The second-order valence-corrected chi connectivity index (χ2v) is 14.0. The van der Waals surface area contributed by atoms with E-state index >= 15 is 0 Å².